The van der Waals surface area contributed by atoms with Gasteiger partial charge in [0.15, 0.2) is 0 Å². The van der Waals surface area contributed by atoms with E-state index in [-0.39, 0.29) is 35.8 Å². The van der Waals surface area contributed by atoms with Crippen LogP contribution < -0.4 is 5.73 Å². The Morgan fingerprint density at radius 3 is 1.33 bits per heavy atom. The van der Waals surface area contributed by atoms with E-state index >= 15 is 0 Å². The van der Waals surface area contributed by atoms with Crippen LogP contribution in [0.4, 0.5) is 0 Å². The lowest BCUT2D eigenvalue weighted by Gasteiger charge is -2.31. The third kappa shape index (κ3) is 12.6. The monoisotopic (exact) mass is 536 g/mol. The Hall–Kier alpha value is -0.630. The van der Waals surface area contributed by atoms with Gasteiger partial charge >= 0.3 is 0 Å². The average Bonchev–Trinajstić information content (AvgIpc) is 2.59. The molecule has 0 unspecified atom stereocenters. The third-order valence-electron chi connectivity index (χ3n) is 4.92. The molecule has 200 valence electrons. The first kappa shape index (κ1) is 36.9. The molecule has 0 rings (SSSR count). The molecule has 2 N–H and O–H groups in total. The van der Waals surface area contributed by atoms with Gasteiger partial charge in [0.2, 0.25) is 6.08 Å². The molecule has 0 bridgehead atoms. The quantitative estimate of drug-likeness (QED) is 0.344. The van der Waals surface area contributed by atoms with Gasteiger partial charge in [0.05, 0.1) is 6.04 Å². The normalized spacial score (nSPS) is 14.9. The highest BCUT2D eigenvalue weighted by molar-refractivity contribution is 7.86. The second kappa shape index (κ2) is 14.1. The average molecular weight is 537 g/mol. The molecule has 0 aliphatic heterocycles. The number of nitrogens with two attached hydrogens (primary N) is 1. The molecule has 0 aromatic carbocycles. The Labute approximate surface area is 208 Å². The van der Waals surface area contributed by atoms with E-state index in [1.807, 2.05) is 41.5 Å². The Balaban J connectivity index is -0.000000533. The Morgan fingerprint density at radius 2 is 1.09 bits per heavy atom. The van der Waals surface area contributed by atoms with Crippen molar-refractivity contribution in [3.8, 4) is 0 Å². The minimum Gasteiger partial charge on any atom is -0.326 e. The SMILES string of the molecule is CN(C)S(=O)(=O)N(C)C[C@@H](N)C(C)(C)C.CN(C)S(=O)(=O)N(C)C[C@@H](N=C=O)C(C)(C)C.Cl. The summed E-state index contributed by atoms with van der Waals surface area (Å²) >= 11 is 0. The van der Waals surface area contributed by atoms with Crippen molar-refractivity contribution in [2.75, 3.05) is 55.4 Å². The van der Waals surface area contributed by atoms with Crippen molar-refractivity contribution in [2.24, 2.45) is 21.6 Å². The predicted octanol–water partition coefficient (Wildman–Crippen LogP) is 0.995. The highest BCUT2D eigenvalue weighted by Crippen LogP contribution is 2.23. The molecule has 0 aliphatic carbocycles. The summed E-state index contributed by atoms with van der Waals surface area (Å²) in [5, 5.41) is 0. The summed E-state index contributed by atoms with van der Waals surface area (Å²) in [5.74, 6) is 0. The number of hydrogen-bond donors (Lipinski definition) is 1. The molecular weight excluding hydrogens is 492 g/mol. The van der Waals surface area contributed by atoms with Crippen LogP contribution in [0.15, 0.2) is 4.99 Å². The smallest absolute Gasteiger partial charge is 0.281 e. The standard InChI is InChI=1S/C10H21N3O3S.C9H23N3O2S.ClH/c1-10(2,3)9(11-8-14)7-13(6)17(15,16)12(4)5;1-9(2,3)8(10)7-12(6)15(13,14)11(4)5;/h9H,7H2,1-6H3;8H,7,10H2,1-6H3;1H/t9-;8-;/m11./s1. The lowest BCUT2D eigenvalue weighted by Crippen LogP contribution is -2.48. The van der Waals surface area contributed by atoms with E-state index < -0.39 is 26.5 Å². The molecule has 0 spiro atoms. The number of isocyanates is 1. The van der Waals surface area contributed by atoms with Crippen LogP contribution in [0.5, 0.6) is 0 Å². The second-order valence-electron chi connectivity index (χ2n) is 10.2. The first-order valence-electron chi connectivity index (χ1n) is 10.1. The molecular formula is C19H45ClN6O5S2. The van der Waals surface area contributed by atoms with E-state index in [1.54, 1.807) is 7.05 Å². The first-order valence-corrected chi connectivity index (χ1v) is 12.9. The predicted molar refractivity (Wildman–Crippen MR) is 137 cm³/mol. The molecule has 33 heavy (non-hydrogen) atoms. The number of carbonyl (C=O) groups excluding carboxylic acids is 1. The number of halogens is 1. The Kier molecular flexibility index (Phi) is 15.7. The van der Waals surface area contributed by atoms with Gasteiger partial charge in [0.25, 0.3) is 20.4 Å². The maximum absolute atomic E-state index is 11.8. The molecule has 11 nitrogen and oxygen atoms in total. The Morgan fingerprint density at radius 1 is 0.758 bits per heavy atom. The van der Waals surface area contributed by atoms with E-state index in [0.29, 0.717) is 6.54 Å². The maximum atomic E-state index is 11.8. The fourth-order valence-electron chi connectivity index (χ4n) is 2.11. The van der Waals surface area contributed by atoms with Gasteiger partial charge in [-0.1, -0.05) is 41.5 Å². The minimum atomic E-state index is -3.47. The van der Waals surface area contributed by atoms with Crippen LogP contribution in [0.25, 0.3) is 0 Å². The van der Waals surface area contributed by atoms with Gasteiger partial charge in [-0.15, -0.1) is 12.4 Å². The molecule has 0 aliphatic rings. The summed E-state index contributed by atoms with van der Waals surface area (Å²) in [6.07, 6.45) is 1.50. The molecule has 0 fully saturated rings. The van der Waals surface area contributed by atoms with Crippen LogP contribution in [-0.2, 0) is 25.2 Å². The van der Waals surface area contributed by atoms with Crippen molar-refractivity contribution in [2.45, 2.75) is 53.6 Å². The van der Waals surface area contributed by atoms with E-state index in [9.17, 15) is 21.6 Å². The fraction of sp³-hybridized carbons (Fsp3) is 0.947. The summed E-state index contributed by atoms with van der Waals surface area (Å²) in [4.78, 5) is 14.0. The molecule has 14 heteroatoms. The van der Waals surface area contributed by atoms with Gasteiger partial charge in [-0.2, -0.15) is 34.1 Å². The minimum absolute atomic E-state index is 0. The van der Waals surface area contributed by atoms with Crippen LogP contribution in [0.1, 0.15) is 41.5 Å². The van der Waals surface area contributed by atoms with Crippen LogP contribution in [-0.4, -0.2) is 108 Å². The molecule has 0 saturated carbocycles. The summed E-state index contributed by atoms with van der Waals surface area (Å²) < 4.78 is 51.8. The van der Waals surface area contributed by atoms with Crippen LogP contribution in [0.2, 0.25) is 0 Å². The lowest BCUT2D eigenvalue weighted by molar-refractivity contribution is 0.274. The van der Waals surface area contributed by atoms with E-state index in [2.05, 4.69) is 4.99 Å². The fourth-order valence-corrected chi connectivity index (χ4v) is 3.91. The van der Waals surface area contributed by atoms with Crippen molar-refractivity contribution < 1.29 is 21.6 Å². The number of rotatable bonds is 9. The number of nitrogens with zero attached hydrogens (tertiary/aromatic N) is 5. The Bertz CT molecular complexity index is 830. The second-order valence-corrected chi connectivity index (χ2v) is 14.7. The summed E-state index contributed by atoms with van der Waals surface area (Å²) in [5.41, 5.74) is 5.52. The molecule has 0 aromatic heterocycles. The van der Waals surface area contributed by atoms with Crippen molar-refractivity contribution in [1.82, 2.24) is 17.2 Å². The zero-order valence-electron chi connectivity index (χ0n) is 22.1. The van der Waals surface area contributed by atoms with Crippen LogP contribution >= 0.6 is 12.4 Å². The van der Waals surface area contributed by atoms with Gasteiger partial charge in [0, 0.05) is 61.4 Å². The van der Waals surface area contributed by atoms with E-state index in [4.69, 9.17) is 5.73 Å². The summed E-state index contributed by atoms with van der Waals surface area (Å²) in [6, 6.07) is -0.600. The molecule has 0 saturated heterocycles. The molecule has 0 radical (unpaired) electrons. The lowest BCUT2D eigenvalue weighted by atomic mass is 9.87. The highest BCUT2D eigenvalue weighted by atomic mass is 35.5. The van der Waals surface area contributed by atoms with E-state index in [0.717, 1.165) is 4.31 Å². The van der Waals surface area contributed by atoms with Gasteiger partial charge in [-0.3, -0.25) is 0 Å². The maximum Gasteiger partial charge on any atom is 0.281 e. The van der Waals surface area contributed by atoms with Gasteiger partial charge in [-0.05, 0) is 10.8 Å². The van der Waals surface area contributed by atoms with Gasteiger partial charge in [0.1, 0.15) is 0 Å². The van der Waals surface area contributed by atoms with Crippen molar-refractivity contribution in [3.63, 3.8) is 0 Å². The number of likely N-dealkylation sites (N-methyl/N-ethyl adjacent to an activating group) is 2. The van der Waals surface area contributed by atoms with Crippen LogP contribution in [0.3, 0.4) is 0 Å². The zero-order valence-corrected chi connectivity index (χ0v) is 24.6. The van der Waals surface area contributed by atoms with Crippen molar-refractivity contribution in [1.29, 1.82) is 0 Å². The molecule has 0 amide bonds. The third-order valence-corrected chi connectivity index (χ3v) is 8.63. The highest BCUT2D eigenvalue weighted by Gasteiger charge is 2.30. The van der Waals surface area contributed by atoms with Crippen molar-refractivity contribution in [3.05, 3.63) is 0 Å². The molecule has 0 heterocycles. The van der Waals surface area contributed by atoms with Crippen molar-refractivity contribution >= 4 is 38.9 Å². The summed E-state index contributed by atoms with van der Waals surface area (Å²) in [7, 11) is 2.13. The van der Waals surface area contributed by atoms with Gasteiger partial charge in [-0.25, -0.2) is 9.79 Å². The topological polar surface area (TPSA) is 137 Å². The van der Waals surface area contributed by atoms with Gasteiger partial charge < -0.3 is 5.73 Å². The van der Waals surface area contributed by atoms with Crippen LogP contribution in [0, 0.1) is 10.8 Å². The zero-order chi connectivity index (χ0) is 26.3. The summed E-state index contributed by atoms with van der Waals surface area (Å²) in [6.45, 7) is 12.1. The number of hydrogen-bond acceptors (Lipinski definition) is 7. The molecule has 2 atom stereocenters. The number of aliphatic imine (C=N–C) groups is 1. The van der Waals surface area contributed by atoms with E-state index in [1.165, 1.54) is 54.2 Å². The molecule has 0 aromatic rings. The first-order chi connectivity index (χ1) is 14.0. The largest absolute Gasteiger partial charge is 0.326 e.